The van der Waals surface area contributed by atoms with Crippen molar-refractivity contribution in [1.29, 1.82) is 0 Å². The average Bonchev–Trinajstić information content (AvgIpc) is 2.34. The topological polar surface area (TPSA) is 26.0 Å². The summed E-state index contributed by atoms with van der Waals surface area (Å²) < 4.78 is 0. The van der Waals surface area contributed by atoms with Crippen LogP contribution in [0.25, 0.3) is 0 Å². The van der Waals surface area contributed by atoms with Crippen molar-refractivity contribution in [2.24, 2.45) is 5.73 Å². The summed E-state index contributed by atoms with van der Waals surface area (Å²) in [5.41, 5.74) is 7.18. The highest BCUT2D eigenvalue weighted by Crippen LogP contribution is 2.18. The van der Waals surface area contributed by atoms with E-state index in [4.69, 9.17) is 5.73 Å². The first-order valence-corrected chi connectivity index (χ1v) is 4.92. The van der Waals surface area contributed by atoms with Crippen LogP contribution in [0.5, 0.6) is 0 Å². The molecule has 62 valence electrons. The Morgan fingerprint density at radius 1 is 1.64 bits per heavy atom. The molecule has 1 atom stereocenters. The highest BCUT2D eigenvalue weighted by atomic mass is 32.1. The smallest absolute Gasteiger partial charge is 0.00923 e. The van der Waals surface area contributed by atoms with E-state index in [2.05, 4.69) is 25.3 Å². The molecule has 0 spiro atoms. The van der Waals surface area contributed by atoms with Crippen LogP contribution in [0, 0.1) is 0 Å². The Bertz CT molecular complexity index is 215. The van der Waals surface area contributed by atoms with Crippen LogP contribution in [0.15, 0.2) is 11.4 Å². The maximum Gasteiger partial charge on any atom is 0.00923 e. The molecule has 1 nitrogen and oxygen atoms in total. The number of hydrogen-bond acceptors (Lipinski definition) is 2. The van der Waals surface area contributed by atoms with Gasteiger partial charge < -0.3 is 5.73 Å². The van der Waals surface area contributed by atoms with Gasteiger partial charge in [-0.15, -0.1) is 11.3 Å². The Morgan fingerprint density at radius 2 is 2.36 bits per heavy atom. The van der Waals surface area contributed by atoms with Crippen molar-refractivity contribution in [2.75, 3.05) is 0 Å². The monoisotopic (exact) mass is 169 g/mol. The molecule has 1 unspecified atom stereocenters. The van der Waals surface area contributed by atoms with Crippen molar-refractivity contribution >= 4 is 11.3 Å². The van der Waals surface area contributed by atoms with Crippen molar-refractivity contribution in [2.45, 2.75) is 32.7 Å². The molecule has 0 saturated carbocycles. The summed E-state index contributed by atoms with van der Waals surface area (Å²) in [4.78, 5) is 1.46. The molecule has 0 amide bonds. The molecule has 11 heavy (non-hydrogen) atoms. The second-order valence-electron chi connectivity index (χ2n) is 2.90. The summed E-state index contributed by atoms with van der Waals surface area (Å²) in [6.07, 6.45) is 2.16. The van der Waals surface area contributed by atoms with Crippen LogP contribution < -0.4 is 5.73 Å². The summed E-state index contributed by atoms with van der Waals surface area (Å²) in [5, 5.41) is 2.15. The maximum absolute atomic E-state index is 5.71. The van der Waals surface area contributed by atoms with Crippen LogP contribution in [0.2, 0.25) is 0 Å². The van der Waals surface area contributed by atoms with E-state index in [1.807, 2.05) is 11.3 Å². The molecule has 0 aliphatic rings. The first-order chi connectivity index (χ1) is 5.24. The van der Waals surface area contributed by atoms with Gasteiger partial charge in [-0.25, -0.2) is 0 Å². The van der Waals surface area contributed by atoms with Gasteiger partial charge in [0, 0.05) is 10.9 Å². The first-order valence-electron chi connectivity index (χ1n) is 4.04. The predicted molar refractivity (Wildman–Crippen MR) is 51.1 cm³/mol. The zero-order valence-electron chi connectivity index (χ0n) is 7.13. The lowest BCUT2D eigenvalue weighted by Crippen LogP contribution is -2.17. The fraction of sp³-hybridized carbons (Fsp3) is 0.556. The van der Waals surface area contributed by atoms with Gasteiger partial charge in [0.05, 0.1) is 0 Å². The fourth-order valence-corrected chi connectivity index (χ4v) is 2.27. The van der Waals surface area contributed by atoms with Crippen molar-refractivity contribution in [1.82, 2.24) is 0 Å². The summed E-state index contributed by atoms with van der Waals surface area (Å²) in [7, 11) is 0. The Balaban J connectivity index is 2.68. The van der Waals surface area contributed by atoms with Gasteiger partial charge in [0.25, 0.3) is 0 Å². The second kappa shape index (κ2) is 3.88. The van der Waals surface area contributed by atoms with E-state index < -0.39 is 0 Å². The lowest BCUT2D eigenvalue weighted by atomic mass is 10.1. The molecular formula is C9H15NS. The fourth-order valence-electron chi connectivity index (χ4n) is 1.15. The number of aryl methyl sites for hydroxylation is 1. The van der Waals surface area contributed by atoms with E-state index in [0.29, 0.717) is 6.04 Å². The lowest BCUT2D eigenvalue weighted by molar-refractivity contribution is 0.741. The van der Waals surface area contributed by atoms with Gasteiger partial charge in [-0.2, -0.15) is 0 Å². The van der Waals surface area contributed by atoms with Crippen LogP contribution in [0.4, 0.5) is 0 Å². The van der Waals surface area contributed by atoms with E-state index >= 15 is 0 Å². The first kappa shape index (κ1) is 8.75. The zero-order chi connectivity index (χ0) is 8.27. The summed E-state index contributed by atoms with van der Waals surface area (Å²) in [6.45, 7) is 4.24. The van der Waals surface area contributed by atoms with Crippen molar-refractivity contribution < 1.29 is 0 Å². The van der Waals surface area contributed by atoms with E-state index in [9.17, 15) is 0 Å². The highest BCUT2D eigenvalue weighted by molar-refractivity contribution is 7.10. The van der Waals surface area contributed by atoms with Crippen molar-refractivity contribution in [3.8, 4) is 0 Å². The normalized spacial score (nSPS) is 13.4. The third kappa shape index (κ3) is 2.31. The van der Waals surface area contributed by atoms with Gasteiger partial charge in [-0.05, 0) is 36.8 Å². The molecule has 0 bridgehead atoms. The molecule has 2 N–H and O–H groups in total. The van der Waals surface area contributed by atoms with Gasteiger partial charge in [0.15, 0.2) is 0 Å². The number of nitrogens with two attached hydrogens (primary N) is 1. The molecule has 0 saturated heterocycles. The molecule has 1 aromatic heterocycles. The average molecular weight is 169 g/mol. The van der Waals surface area contributed by atoms with Gasteiger partial charge in [0.2, 0.25) is 0 Å². The Kier molecular flexibility index (Phi) is 3.09. The number of thiophene rings is 1. The lowest BCUT2D eigenvalue weighted by Gasteiger charge is -2.03. The summed E-state index contributed by atoms with van der Waals surface area (Å²) in [6, 6.07) is 2.49. The Morgan fingerprint density at radius 3 is 2.91 bits per heavy atom. The molecule has 0 aliphatic carbocycles. The molecule has 1 rings (SSSR count). The minimum atomic E-state index is 0.291. The highest BCUT2D eigenvalue weighted by Gasteiger charge is 2.03. The molecule has 1 heterocycles. The Labute approximate surface area is 72.2 Å². The zero-order valence-corrected chi connectivity index (χ0v) is 7.95. The van der Waals surface area contributed by atoms with Gasteiger partial charge >= 0.3 is 0 Å². The quantitative estimate of drug-likeness (QED) is 0.737. The van der Waals surface area contributed by atoms with Crippen molar-refractivity contribution in [3.63, 3.8) is 0 Å². The van der Waals surface area contributed by atoms with Crippen LogP contribution in [-0.2, 0) is 12.8 Å². The van der Waals surface area contributed by atoms with E-state index in [0.717, 1.165) is 12.8 Å². The van der Waals surface area contributed by atoms with E-state index in [1.165, 1.54) is 10.4 Å². The van der Waals surface area contributed by atoms with Crippen LogP contribution >= 0.6 is 11.3 Å². The molecule has 0 aromatic carbocycles. The maximum atomic E-state index is 5.71. The van der Waals surface area contributed by atoms with Gasteiger partial charge in [-0.1, -0.05) is 6.92 Å². The van der Waals surface area contributed by atoms with Gasteiger partial charge in [0.1, 0.15) is 0 Å². The van der Waals surface area contributed by atoms with Crippen molar-refractivity contribution in [3.05, 3.63) is 21.9 Å². The summed E-state index contributed by atoms with van der Waals surface area (Å²) in [5.74, 6) is 0. The van der Waals surface area contributed by atoms with Crippen LogP contribution in [-0.4, -0.2) is 6.04 Å². The number of hydrogen-bond donors (Lipinski definition) is 1. The largest absolute Gasteiger partial charge is 0.328 e. The molecule has 0 aliphatic heterocycles. The molecule has 0 radical (unpaired) electrons. The van der Waals surface area contributed by atoms with E-state index in [1.54, 1.807) is 0 Å². The number of rotatable bonds is 3. The minimum absolute atomic E-state index is 0.291. The van der Waals surface area contributed by atoms with Crippen LogP contribution in [0.3, 0.4) is 0 Å². The predicted octanol–water partition coefficient (Wildman–Crippen LogP) is 2.20. The third-order valence-corrected chi connectivity index (χ3v) is 2.71. The minimum Gasteiger partial charge on any atom is -0.328 e. The Hall–Kier alpha value is -0.340. The third-order valence-electron chi connectivity index (χ3n) is 1.73. The SMILES string of the molecule is CCc1ccsc1CC(C)N. The van der Waals surface area contributed by atoms with E-state index in [-0.39, 0.29) is 0 Å². The molecular weight excluding hydrogens is 154 g/mol. The summed E-state index contributed by atoms with van der Waals surface area (Å²) >= 11 is 1.82. The molecule has 2 heteroatoms. The second-order valence-corrected chi connectivity index (χ2v) is 3.90. The molecule has 0 fully saturated rings. The van der Waals surface area contributed by atoms with Crippen LogP contribution in [0.1, 0.15) is 24.3 Å². The standard InChI is InChI=1S/C9H15NS/c1-3-8-4-5-11-9(8)6-7(2)10/h4-5,7H,3,6,10H2,1-2H3. The molecule has 1 aromatic rings. The van der Waals surface area contributed by atoms with Gasteiger partial charge in [-0.3, -0.25) is 0 Å².